The summed E-state index contributed by atoms with van der Waals surface area (Å²) in [6.07, 6.45) is -9.68. The van der Waals surface area contributed by atoms with Gasteiger partial charge in [0.15, 0.2) is 5.13 Å². The number of aromatic nitrogens is 1. The quantitative estimate of drug-likeness (QED) is 0.417. The Morgan fingerprint density at radius 2 is 1.34 bits per heavy atom. The Morgan fingerprint density at radius 1 is 0.844 bits per heavy atom. The van der Waals surface area contributed by atoms with Crippen LogP contribution in [0.3, 0.4) is 0 Å². The molecule has 0 aliphatic carbocycles. The number of ether oxygens (including phenoxy) is 2. The molecule has 6 nitrogen and oxygen atoms in total. The number of anilines is 3. The number of carbonyl (C=O) groups excluding carboxylic acids is 1. The summed E-state index contributed by atoms with van der Waals surface area (Å²) in [4.78, 5) is 16.3. The second kappa shape index (κ2) is 9.34. The number of amides is 1. The predicted octanol–water partition coefficient (Wildman–Crippen LogP) is 5.87. The first-order valence-electron chi connectivity index (χ1n) is 8.68. The number of halogens is 6. The zero-order valence-corrected chi connectivity index (χ0v) is 16.6. The van der Waals surface area contributed by atoms with Crippen LogP contribution in [0.1, 0.15) is 5.69 Å². The fraction of sp³-hybridized carbons (Fsp3) is 0.158. The van der Waals surface area contributed by atoms with E-state index in [0.717, 1.165) is 24.3 Å². The first-order chi connectivity index (χ1) is 14.9. The van der Waals surface area contributed by atoms with Crippen LogP contribution in [-0.2, 0) is 11.2 Å². The van der Waals surface area contributed by atoms with Gasteiger partial charge in [-0.3, -0.25) is 4.79 Å². The second-order valence-electron chi connectivity index (χ2n) is 6.14. The van der Waals surface area contributed by atoms with Crippen molar-refractivity contribution < 1.29 is 40.6 Å². The Balaban J connectivity index is 1.52. The summed E-state index contributed by atoms with van der Waals surface area (Å²) in [6, 6.07) is 9.70. The van der Waals surface area contributed by atoms with Gasteiger partial charge in [-0.25, -0.2) is 4.98 Å². The number of nitrogens with zero attached hydrogens (tertiary/aromatic N) is 1. The molecule has 0 saturated carbocycles. The number of benzene rings is 2. The Hall–Kier alpha value is -3.48. The molecule has 2 aromatic carbocycles. The van der Waals surface area contributed by atoms with E-state index < -0.39 is 24.4 Å². The maximum Gasteiger partial charge on any atom is 0.573 e. The maximum absolute atomic E-state index is 12.2. The van der Waals surface area contributed by atoms with E-state index in [4.69, 9.17) is 0 Å². The van der Waals surface area contributed by atoms with Gasteiger partial charge in [-0.05, 0) is 48.5 Å². The largest absolute Gasteiger partial charge is 0.573 e. The summed E-state index contributed by atoms with van der Waals surface area (Å²) in [5.74, 6) is -1.22. The smallest absolute Gasteiger partial charge is 0.406 e. The highest BCUT2D eigenvalue weighted by Gasteiger charge is 2.31. The Bertz CT molecular complexity index is 1050. The molecule has 0 unspecified atom stereocenters. The molecule has 3 aromatic rings. The van der Waals surface area contributed by atoms with Crippen molar-refractivity contribution in [2.45, 2.75) is 19.1 Å². The zero-order chi connectivity index (χ0) is 23.4. The van der Waals surface area contributed by atoms with E-state index in [1.54, 1.807) is 5.38 Å². The molecule has 0 radical (unpaired) electrons. The van der Waals surface area contributed by atoms with Gasteiger partial charge in [0, 0.05) is 16.8 Å². The third kappa shape index (κ3) is 7.65. The Morgan fingerprint density at radius 3 is 1.84 bits per heavy atom. The molecule has 2 N–H and O–H groups in total. The number of nitrogens with one attached hydrogen (secondary N) is 2. The van der Waals surface area contributed by atoms with Crippen molar-refractivity contribution in [2.24, 2.45) is 0 Å². The van der Waals surface area contributed by atoms with E-state index in [-0.39, 0.29) is 17.9 Å². The highest BCUT2D eigenvalue weighted by Crippen LogP contribution is 2.27. The van der Waals surface area contributed by atoms with E-state index in [1.165, 1.54) is 35.6 Å². The van der Waals surface area contributed by atoms with Crippen LogP contribution in [0.15, 0.2) is 53.9 Å². The molecular weight excluding hydrogens is 464 g/mol. The van der Waals surface area contributed by atoms with Gasteiger partial charge in [-0.15, -0.1) is 37.7 Å². The molecule has 0 aliphatic rings. The van der Waals surface area contributed by atoms with Gasteiger partial charge in [-0.2, -0.15) is 0 Å². The standard InChI is InChI=1S/C19H13F6N3O3S/c20-18(21,22)30-14-5-1-11(2-6-14)26-16(29)9-13-10-32-17(28-13)27-12-3-7-15(8-4-12)31-19(23,24)25/h1-8,10H,9H2,(H,26,29)(H,27,28). The number of hydrogen-bond donors (Lipinski definition) is 2. The lowest BCUT2D eigenvalue weighted by atomic mass is 10.2. The third-order valence-corrected chi connectivity index (χ3v) is 4.41. The fourth-order valence-electron chi connectivity index (χ4n) is 2.42. The van der Waals surface area contributed by atoms with Crippen LogP contribution in [0, 0.1) is 0 Å². The van der Waals surface area contributed by atoms with Crippen molar-refractivity contribution in [2.75, 3.05) is 10.6 Å². The average molecular weight is 477 g/mol. The minimum atomic E-state index is -4.81. The normalized spacial score (nSPS) is 11.7. The van der Waals surface area contributed by atoms with Gasteiger partial charge in [0.25, 0.3) is 0 Å². The second-order valence-corrected chi connectivity index (χ2v) is 7.00. The fourth-order valence-corrected chi connectivity index (χ4v) is 3.15. The van der Waals surface area contributed by atoms with Crippen LogP contribution in [-0.4, -0.2) is 23.6 Å². The molecule has 32 heavy (non-hydrogen) atoms. The molecular formula is C19H13F6N3O3S. The Labute approximate surface area is 180 Å². The molecule has 0 atom stereocenters. The molecule has 0 fully saturated rings. The van der Waals surface area contributed by atoms with E-state index in [0.29, 0.717) is 16.5 Å². The maximum atomic E-state index is 12.2. The zero-order valence-electron chi connectivity index (χ0n) is 15.8. The molecule has 1 aromatic heterocycles. The van der Waals surface area contributed by atoms with Crippen LogP contribution in [0.25, 0.3) is 0 Å². The summed E-state index contributed by atoms with van der Waals surface area (Å²) in [6.45, 7) is 0. The van der Waals surface area contributed by atoms with E-state index in [9.17, 15) is 31.1 Å². The van der Waals surface area contributed by atoms with Gasteiger partial charge >= 0.3 is 12.7 Å². The molecule has 0 aliphatic heterocycles. The first-order valence-corrected chi connectivity index (χ1v) is 9.56. The van der Waals surface area contributed by atoms with Crippen molar-refractivity contribution in [3.63, 3.8) is 0 Å². The average Bonchev–Trinajstić information content (AvgIpc) is 3.09. The van der Waals surface area contributed by atoms with Crippen LogP contribution in [0.2, 0.25) is 0 Å². The molecule has 1 heterocycles. The van der Waals surface area contributed by atoms with Gasteiger partial charge in [0.2, 0.25) is 5.91 Å². The highest BCUT2D eigenvalue weighted by atomic mass is 32.1. The van der Waals surface area contributed by atoms with Crippen LogP contribution in [0.4, 0.5) is 42.8 Å². The van der Waals surface area contributed by atoms with E-state index >= 15 is 0 Å². The molecule has 0 spiro atoms. The van der Waals surface area contributed by atoms with E-state index in [1.807, 2.05) is 0 Å². The summed E-state index contributed by atoms with van der Waals surface area (Å²) >= 11 is 1.18. The number of carbonyl (C=O) groups is 1. The molecule has 0 saturated heterocycles. The lowest BCUT2D eigenvalue weighted by Gasteiger charge is -2.09. The third-order valence-electron chi connectivity index (χ3n) is 3.60. The number of hydrogen-bond acceptors (Lipinski definition) is 6. The molecule has 1 amide bonds. The van der Waals surface area contributed by atoms with Gasteiger partial charge in [0.1, 0.15) is 11.5 Å². The van der Waals surface area contributed by atoms with Crippen molar-refractivity contribution in [1.82, 2.24) is 4.98 Å². The molecule has 170 valence electrons. The van der Waals surface area contributed by atoms with Crippen LogP contribution < -0.4 is 20.1 Å². The van der Waals surface area contributed by atoms with Gasteiger partial charge < -0.3 is 20.1 Å². The highest BCUT2D eigenvalue weighted by molar-refractivity contribution is 7.13. The Kier molecular flexibility index (Phi) is 6.77. The predicted molar refractivity (Wildman–Crippen MR) is 104 cm³/mol. The van der Waals surface area contributed by atoms with Crippen molar-refractivity contribution >= 4 is 33.8 Å². The molecule has 13 heteroatoms. The van der Waals surface area contributed by atoms with Crippen molar-refractivity contribution in [1.29, 1.82) is 0 Å². The summed E-state index contributed by atoms with van der Waals surface area (Å²) < 4.78 is 80.6. The molecule has 0 bridgehead atoms. The first kappa shape index (κ1) is 23.2. The van der Waals surface area contributed by atoms with Gasteiger partial charge in [-0.1, -0.05) is 0 Å². The summed E-state index contributed by atoms with van der Waals surface area (Å²) in [5, 5.41) is 7.44. The number of alkyl halides is 6. The van der Waals surface area contributed by atoms with Gasteiger partial charge in [0.05, 0.1) is 12.1 Å². The topological polar surface area (TPSA) is 72.5 Å². The lowest BCUT2D eigenvalue weighted by Crippen LogP contribution is -2.17. The SMILES string of the molecule is O=C(Cc1csc(Nc2ccc(OC(F)(F)F)cc2)n1)Nc1ccc(OC(F)(F)F)cc1. The molecule has 3 rings (SSSR count). The number of rotatable bonds is 7. The van der Waals surface area contributed by atoms with Crippen molar-refractivity contribution in [3.05, 3.63) is 59.6 Å². The van der Waals surface area contributed by atoms with Crippen molar-refractivity contribution in [3.8, 4) is 11.5 Å². The van der Waals surface area contributed by atoms with E-state index in [2.05, 4.69) is 25.1 Å². The minimum absolute atomic E-state index is 0.0999. The van der Waals surface area contributed by atoms with Crippen LogP contribution >= 0.6 is 11.3 Å². The van der Waals surface area contributed by atoms with Crippen LogP contribution in [0.5, 0.6) is 11.5 Å². The summed E-state index contributed by atoms with van der Waals surface area (Å²) in [7, 11) is 0. The summed E-state index contributed by atoms with van der Waals surface area (Å²) in [5.41, 5.74) is 1.16. The lowest BCUT2D eigenvalue weighted by molar-refractivity contribution is -0.275. The number of thiazole rings is 1. The minimum Gasteiger partial charge on any atom is -0.406 e. The monoisotopic (exact) mass is 477 g/mol.